The van der Waals surface area contributed by atoms with Gasteiger partial charge in [0.15, 0.2) is 0 Å². The summed E-state index contributed by atoms with van der Waals surface area (Å²) in [5, 5.41) is 2.01. The molecule has 0 saturated heterocycles. The third kappa shape index (κ3) is 5.76. The Labute approximate surface area is 103 Å². The molecule has 0 saturated carbocycles. The van der Waals surface area contributed by atoms with Gasteiger partial charge in [-0.1, -0.05) is 25.7 Å². The molecule has 1 heterocycles. The van der Waals surface area contributed by atoms with Crippen molar-refractivity contribution in [1.29, 1.82) is 0 Å². The summed E-state index contributed by atoms with van der Waals surface area (Å²) >= 11 is 1.49. The lowest BCUT2D eigenvalue weighted by Gasteiger charge is -2.03. The Bertz CT molecular complexity index is 409. The highest BCUT2D eigenvalue weighted by Crippen LogP contribution is 2.21. The fourth-order valence-corrected chi connectivity index (χ4v) is 2.00. The summed E-state index contributed by atoms with van der Waals surface area (Å²) in [6, 6.07) is 1.95. The summed E-state index contributed by atoms with van der Waals surface area (Å²) < 4.78 is 39.6. The number of thiophene rings is 1. The molecule has 1 aromatic heterocycles. The van der Waals surface area contributed by atoms with Crippen LogP contribution in [0.2, 0.25) is 0 Å². The molecule has 0 spiro atoms. The van der Waals surface area contributed by atoms with Crippen LogP contribution in [0, 0.1) is 11.8 Å². The van der Waals surface area contributed by atoms with Gasteiger partial charge in [-0.2, -0.15) is 13.2 Å². The minimum Gasteiger partial charge on any atom is -0.359 e. The van der Waals surface area contributed by atoms with E-state index in [4.69, 9.17) is 0 Å². The second-order valence-corrected chi connectivity index (χ2v) is 4.72. The number of hydrogen-bond donors (Lipinski definition) is 0. The molecule has 0 aromatic carbocycles. The van der Waals surface area contributed by atoms with Crippen LogP contribution in [0.15, 0.2) is 11.4 Å². The van der Waals surface area contributed by atoms with Crippen LogP contribution in [0.25, 0.3) is 0 Å². The van der Waals surface area contributed by atoms with Crippen molar-refractivity contribution in [3.63, 3.8) is 0 Å². The predicted molar refractivity (Wildman–Crippen MR) is 62.2 cm³/mol. The molecule has 0 fully saturated rings. The van der Waals surface area contributed by atoms with E-state index in [9.17, 15) is 13.2 Å². The fraction of sp³-hybridized carbons (Fsp3) is 0.500. The average Bonchev–Trinajstić information content (AvgIpc) is 2.64. The number of ether oxygens (including phenoxy) is 1. The van der Waals surface area contributed by atoms with Crippen molar-refractivity contribution in [2.75, 3.05) is 13.2 Å². The molecule has 0 radical (unpaired) electrons. The van der Waals surface area contributed by atoms with Gasteiger partial charge in [0.1, 0.15) is 13.2 Å². The molecular weight excluding hydrogens is 249 g/mol. The van der Waals surface area contributed by atoms with Gasteiger partial charge in [0.05, 0.1) is 4.88 Å². The molecule has 1 rings (SSSR count). The van der Waals surface area contributed by atoms with Crippen LogP contribution in [-0.2, 0) is 4.74 Å². The molecule has 0 aliphatic heterocycles. The zero-order valence-electron chi connectivity index (χ0n) is 9.60. The quantitative estimate of drug-likeness (QED) is 0.594. The molecule has 0 unspecified atom stereocenters. The molecule has 0 amide bonds. The minimum atomic E-state index is -4.28. The summed E-state index contributed by atoms with van der Waals surface area (Å²) in [6.07, 6.45) is -4.28. The van der Waals surface area contributed by atoms with E-state index in [0.717, 1.165) is 4.88 Å². The highest BCUT2D eigenvalue weighted by atomic mass is 32.1. The normalized spacial score (nSPS) is 11.4. The topological polar surface area (TPSA) is 9.23 Å². The van der Waals surface area contributed by atoms with E-state index in [1.54, 1.807) is 0 Å². The van der Waals surface area contributed by atoms with Crippen LogP contribution in [0.5, 0.6) is 0 Å². The first-order valence-electron chi connectivity index (χ1n) is 5.10. The van der Waals surface area contributed by atoms with Gasteiger partial charge >= 0.3 is 6.18 Å². The maximum absolute atomic E-state index is 11.7. The molecule has 0 aliphatic carbocycles. The van der Waals surface area contributed by atoms with E-state index in [1.165, 1.54) is 16.9 Å². The summed E-state index contributed by atoms with van der Waals surface area (Å²) in [5.74, 6) is 5.78. The van der Waals surface area contributed by atoms with Crippen LogP contribution in [0.3, 0.4) is 0 Å². The Morgan fingerprint density at radius 1 is 1.41 bits per heavy atom. The van der Waals surface area contributed by atoms with Gasteiger partial charge < -0.3 is 4.74 Å². The van der Waals surface area contributed by atoms with Crippen LogP contribution in [-0.4, -0.2) is 19.4 Å². The van der Waals surface area contributed by atoms with Crippen molar-refractivity contribution in [3.05, 3.63) is 21.9 Å². The molecular formula is C12H13F3OS. The molecule has 0 bridgehead atoms. The lowest BCUT2D eigenvalue weighted by atomic mass is 10.1. The fourth-order valence-electron chi connectivity index (χ4n) is 1.06. The second kappa shape index (κ2) is 6.08. The summed E-state index contributed by atoms with van der Waals surface area (Å²) in [7, 11) is 0. The van der Waals surface area contributed by atoms with Crippen molar-refractivity contribution in [1.82, 2.24) is 0 Å². The standard InChI is InChI=1S/C12H13F3OS/c1-9(2)10-6-11(17-7-10)4-3-5-16-8-12(13,14)15/h6-7,9H,5,8H2,1-2H3. The Morgan fingerprint density at radius 2 is 2.12 bits per heavy atom. The predicted octanol–water partition coefficient (Wildman–Crippen LogP) is 3.80. The van der Waals surface area contributed by atoms with Crippen molar-refractivity contribution < 1.29 is 17.9 Å². The first-order valence-corrected chi connectivity index (χ1v) is 5.98. The van der Waals surface area contributed by atoms with Crippen LogP contribution < -0.4 is 0 Å². The molecule has 0 aliphatic rings. The maximum Gasteiger partial charge on any atom is 0.411 e. The van der Waals surface area contributed by atoms with Gasteiger partial charge in [-0.25, -0.2) is 0 Å². The van der Waals surface area contributed by atoms with E-state index < -0.39 is 12.8 Å². The highest BCUT2D eigenvalue weighted by molar-refractivity contribution is 7.10. The SMILES string of the molecule is CC(C)c1csc(C#CCOCC(F)(F)F)c1. The summed E-state index contributed by atoms with van der Waals surface area (Å²) in [5.41, 5.74) is 1.19. The molecule has 1 nitrogen and oxygen atoms in total. The lowest BCUT2D eigenvalue weighted by molar-refractivity contribution is -0.170. The molecule has 17 heavy (non-hydrogen) atoms. The van der Waals surface area contributed by atoms with Crippen molar-refractivity contribution in [2.45, 2.75) is 25.9 Å². The van der Waals surface area contributed by atoms with Crippen molar-refractivity contribution in [2.24, 2.45) is 0 Å². The molecule has 5 heteroatoms. The van der Waals surface area contributed by atoms with Gasteiger partial charge in [0.2, 0.25) is 0 Å². The number of halogens is 3. The molecule has 0 N–H and O–H groups in total. The van der Waals surface area contributed by atoms with Crippen LogP contribution >= 0.6 is 11.3 Å². The third-order valence-electron chi connectivity index (χ3n) is 1.94. The highest BCUT2D eigenvalue weighted by Gasteiger charge is 2.26. The number of alkyl halides is 3. The Hall–Kier alpha value is -0.990. The van der Waals surface area contributed by atoms with E-state index in [0.29, 0.717) is 5.92 Å². The molecule has 94 valence electrons. The second-order valence-electron chi connectivity index (χ2n) is 3.81. The van der Waals surface area contributed by atoms with Crippen molar-refractivity contribution >= 4 is 11.3 Å². The summed E-state index contributed by atoms with van der Waals surface area (Å²) in [6.45, 7) is 2.70. The first kappa shape index (κ1) is 14.1. The van der Waals surface area contributed by atoms with Crippen LogP contribution in [0.1, 0.15) is 30.2 Å². The Kier molecular flexibility index (Phi) is 5.03. The van der Waals surface area contributed by atoms with E-state index in [2.05, 4.69) is 30.4 Å². The Balaban J connectivity index is 2.39. The first-order chi connectivity index (χ1) is 7.88. The van der Waals surface area contributed by atoms with Gasteiger partial charge in [-0.05, 0) is 22.9 Å². The largest absolute Gasteiger partial charge is 0.411 e. The van der Waals surface area contributed by atoms with Gasteiger partial charge in [0.25, 0.3) is 0 Å². The van der Waals surface area contributed by atoms with E-state index in [-0.39, 0.29) is 6.61 Å². The molecule has 1 aromatic rings. The Morgan fingerprint density at radius 3 is 2.65 bits per heavy atom. The van der Waals surface area contributed by atoms with Gasteiger partial charge in [-0.3, -0.25) is 0 Å². The molecule has 0 atom stereocenters. The van der Waals surface area contributed by atoms with Gasteiger partial charge in [0, 0.05) is 0 Å². The lowest BCUT2D eigenvalue weighted by Crippen LogP contribution is -2.16. The third-order valence-corrected chi connectivity index (χ3v) is 2.80. The minimum absolute atomic E-state index is 0.200. The zero-order chi connectivity index (χ0) is 12.9. The van der Waals surface area contributed by atoms with Crippen molar-refractivity contribution in [3.8, 4) is 11.8 Å². The smallest absolute Gasteiger partial charge is 0.359 e. The van der Waals surface area contributed by atoms with E-state index >= 15 is 0 Å². The average molecular weight is 262 g/mol. The van der Waals surface area contributed by atoms with Gasteiger partial charge in [-0.15, -0.1) is 11.3 Å². The maximum atomic E-state index is 11.7. The zero-order valence-corrected chi connectivity index (χ0v) is 10.4. The van der Waals surface area contributed by atoms with E-state index in [1.807, 2.05) is 11.4 Å². The number of rotatable bonds is 3. The monoisotopic (exact) mass is 262 g/mol. The summed E-state index contributed by atoms with van der Waals surface area (Å²) in [4.78, 5) is 0.851. The number of hydrogen-bond acceptors (Lipinski definition) is 2. The van der Waals surface area contributed by atoms with Crippen LogP contribution in [0.4, 0.5) is 13.2 Å².